The van der Waals surface area contributed by atoms with Crippen molar-refractivity contribution in [3.63, 3.8) is 0 Å². The fourth-order valence-corrected chi connectivity index (χ4v) is 4.09. The maximum atomic E-state index is 12.3. The van der Waals surface area contributed by atoms with E-state index in [-0.39, 0.29) is 17.5 Å². The number of thiazole rings is 1. The van der Waals surface area contributed by atoms with E-state index in [4.69, 9.17) is 4.74 Å². The molecule has 1 aliphatic heterocycles. The Morgan fingerprint density at radius 2 is 2.14 bits per heavy atom. The van der Waals surface area contributed by atoms with Gasteiger partial charge in [-0.2, -0.15) is 0 Å². The van der Waals surface area contributed by atoms with E-state index >= 15 is 0 Å². The van der Waals surface area contributed by atoms with E-state index in [1.54, 1.807) is 16.7 Å². The lowest BCUT2D eigenvalue weighted by molar-refractivity contribution is -0.126. The van der Waals surface area contributed by atoms with Gasteiger partial charge in [-0.05, 0) is 20.3 Å². The number of rotatable bonds is 9. The highest BCUT2D eigenvalue weighted by Gasteiger charge is 2.25. The molecule has 28 heavy (non-hydrogen) atoms. The molecule has 1 fully saturated rings. The number of ether oxygens (including phenoxy) is 1. The van der Waals surface area contributed by atoms with E-state index in [9.17, 15) is 9.59 Å². The first-order valence-electron chi connectivity index (χ1n) is 9.86. The second-order valence-electron chi connectivity index (χ2n) is 6.97. The molecule has 0 aliphatic carbocycles. The Morgan fingerprint density at radius 1 is 1.36 bits per heavy atom. The van der Waals surface area contributed by atoms with Gasteiger partial charge in [-0.15, -0.1) is 11.3 Å². The first-order valence-corrected chi connectivity index (χ1v) is 10.7. The van der Waals surface area contributed by atoms with Gasteiger partial charge in [-0.1, -0.05) is 0 Å². The summed E-state index contributed by atoms with van der Waals surface area (Å²) < 4.78 is 6.86. The van der Waals surface area contributed by atoms with Crippen LogP contribution in [0.25, 0.3) is 4.96 Å². The van der Waals surface area contributed by atoms with E-state index in [0.29, 0.717) is 26.3 Å². The van der Waals surface area contributed by atoms with Gasteiger partial charge >= 0.3 is 0 Å². The Bertz CT molecular complexity index is 828. The number of piperazine rings is 1. The minimum absolute atomic E-state index is 0.0329. The molecule has 1 aliphatic rings. The van der Waals surface area contributed by atoms with Gasteiger partial charge < -0.3 is 10.1 Å². The van der Waals surface area contributed by atoms with Crippen LogP contribution in [0, 0.1) is 0 Å². The van der Waals surface area contributed by atoms with Gasteiger partial charge in [0.1, 0.15) is 0 Å². The SMILES string of the molecule is CCOCCCNC(=O)C(C)N1CCN(Cc2cc(=O)n3ccsc3n2)CC1. The van der Waals surface area contributed by atoms with E-state index < -0.39 is 0 Å². The average molecular weight is 408 g/mol. The maximum absolute atomic E-state index is 12.3. The van der Waals surface area contributed by atoms with Gasteiger partial charge in [0.15, 0.2) is 4.96 Å². The maximum Gasteiger partial charge on any atom is 0.258 e. The molecule has 3 heterocycles. The molecule has 0 saturated carbocycles. The second-order valence-corrected chi connectivity index (χ2v) is 7.84. The summed E-state index contributed by atoms with van der Waals surface area (Å²) in [5.41, 5.74) is 0.774. The molecular weight excluding hydrogens is 378 g/mol. The molecule has 3 rings (SSSR count). The molecular formula is C19H29N5O3S. The fourth-order valence-electron chi connectivity index (χ4n) is 3.35. The van der Waals surface area contributed by atoms with Crippen molar-refractivity contribution in [2.45, 2.75) is 32.9 Å². The number of carbonyl (C=O) groups is 1. The van der Waals surface area contributed by atoms with E-state index in [0.717, 1.165) is 43.3 Å². The van der Waals surface area contributed by atoms with Crippen LogP contribution >= 0.6 is 11.3 Å². The van der Waals surface area contributed by atoms with Crippen molar-refractivity contribution >= 4 is 22.2 Å². The molecule has 1 N–H and O–H groups in total. The number of hydrogen-bond donors (Lipinski definition) is 1. The van der Waals surface area contributed by atoms with Crippen LogP contribution in [-0.2, 0) is 16.1 Å². The quantitative estimate of drug-likeness (QED) is 0.620. The monoisotopic (exact) mass is 407 g/mol. The third kappa shape index (κ3) is 5.38. The number of amides is 1. The van der Waals surface area contributed by atoms with Crippen LogP contribution in [0.1, 0.15) is 26.0 Å². The number of aromatic nitrogens is 2. The van der Waals surface area contributed by atoms with Gasteiger partial charge in [0.2, 0.25) is 5.91 Å². The summed E-state index contributed by atoms with van der Waals surface area (Å²) in [4.78, 5) is 34.3. The lowest BCUT2D eigenvalue weighted by Gasteiger charge is -2.37. The predicted octanol–water partition coefficient (Wildman–Crippen LogP) is 0.805. The zero-order chi connectivity index (χ0) is 19.9. The molecule has 154 valence electrons. The van der Waals surface area contributed by atoms with E-state index in [1.807, 2.05) is 19.2 Å². The Balaban J connectivity index is 1.44. The predicted molar refractivity (Wildman–Crippen MR) is 110 cm³/mol. The lowest BCUT2D eigenvalue weighted by atomic mass is 10.2. The van der Waals surface area contributed by atoms with Crippen molar-refractivity contribution in [3.8, 4) is 0 Å². The van der Waals surface area contributed by atoms with Gasteiger partial charge in [0, 0.05) is 70.1 Å². The van der Waals surface area contributed by atoms with Crippen LogP contribution in [0.2, 0.25) is 0 Å². The first kappa shape index (κ1) is 20.9. The third-order valence-electron chi connectivity index (χ3n) is 5.04. The molecule has 0 aromatic carbocycles. The molecule has 1 amide bonds. The number of hydrogen-bond acceptors (Lipinski definition) is 7. The topological polar surface area (TPSA) is 79.2 Å². The Morgan fingerprint density at radius 3 is 2.89 bits per heavy atom. The van der Waals surface area contributed by atoms with Gasteiger partial charge in [0.25, 0.3) is 5.56 Å². The van der Waals surface area contributed by atoms with Gasteiger partial charge in [-0.25, -0.2) is 4.98 Å². The van der Waals surface area contributed by atoms with Crippen LogP contribution in [-0.4, -0.2) is 77.1 Å². The summed E-state index contributed by atoms with van der Waals surface area (Å²) in [7, 11) is 0. The highest BCUT2D eigenvalue weighted by molar-refractivity contribution is 7.15. The first-order chi connectivity index (χ1) is 13.6. The molecule has 2 aromatic rings. The number of fused-ring (bicyclic) bond motifs is 1. The standard InChI is InChI=1S/C19H29N5O3S/c1-3-27-11-4-5-20-18(26)15(2)23-8-6-22(7-9-23)14-16-13-17(25)24-10-12-28-19(24)21-16/h10,12-13,15H,3-9,11,14H2,1-2H3,(H,20,26). The van der Waals surface area contributed by atoms with E-state index in [1.165, 1.54) is 11.3 Å². The minimum atomic E-state index is -0.139. The van der Waals surface area contributed by atoms with Gasteiger partial charge in [-0.3, -0.25) is 23.8 Å². The highest BCUT2D eigenvalue weighted by atomic mass is 32.1. The largest absolute Gasteiger partial charge is 0.382 e. The number of nitrogens with one attached hydrogen (secondary N) is 1. The molecule has 1 atom stereocenters. The summed E-state index contributed by atoms with van der Waals surface area (Å²) in [6.45, 7) is 9.99. The van der Waals surface area contributed by atoms with Crippen LogP contribution in [0.5, 0.6) is 0 Å². The molecule has 1 saturated heterocycles. The van der Waals surface area contributed by atoms with Crippen molar-refractivity contribution in [1.82, 2.24) is 24.5 Å². The zero-order valence-electron chi connectivity index (χ0n) is 16.6. The smallest absolute Gasteiger partial charge is 0.258 e. The van der Waals surface area contributed by atoms with Crippen molar-refractivity contribution in [2.75, 3.05) is 45.9 Å². The van der Waals surface area contributed by atoms with Crippen molar-refractivity contribution in [1.29, 1.82) is 0 Å². The normalized spacial score (nSPS) is 17.1. The minimum Gasteiger partial charge on any atom is -0.382 e. The van der Waals surface area contributed by atoms with Crippen LogP contribution in [0.15, 0.2) is 22.4 Å². The van der Waals surface area contributed by atoms with Gasteiger partial charge in [0.05, 0.1) is 11.7 Å². The van der Waals surface area contributed by atoms with Crippen molar-refractivity contribution in [3.05, 3.63) is 33.7 Å². The number of nitrogens with zero attached hydrogens (tertiary/aromatic N) is 4. The second kappa shape index (κ2) is 10.1. The highest BCUT2D eigenvalue weighted by Crippen LogP contribution is 2.11. The summed E-state index contributed by atoms with van der Waals surface area (Å²) in [5, 5.41) is 4.86. The van der Waals surface area contributed by atoms with Crippen molar-refractivity contribution < 1.29 is 9.53 Å². The molecule has 1 unspecified atom stereocenters. The van der Waals surface area contributed by atoms with E-state index in [2.05, 4.69) is 20.1 Å². The van der Waals surface area contributed by atoms with Crippen LogP contribution < -0.4 is 10.9 Å². The summed E-state index contributed by atoms with van der Waals surface area (Å²) in [6.07, 6.45) is 2.59. The average Bonchev–Trinajstić information content (AvgIpc) is 3.17. The molecule has 8 nitrogen and oxygen atoms in total. The Hall–Kier alpha value is -1.81. The third-order valence-corrected chi connectivity index (χ3v) is 5.80. The van der Waals surface area contributed by atoms with Crippen LogP contribution in [0.4, 0.5) is 0 Å². The molecule has 2 aromatic heterocycles. The summed E-state index contributed by atoms with van der Waals surface area (Å²) in [5.74, 6) is 0.0720. The molecule has 0 bridgehead atoms. The van der Waals surface area contributed by atoms with Crippen LogP contribution in [0.3, 0.4) is 0 Å². The molecule has 0 radical (unpaired) electrons. The molecule has 9 heteroatoms. The zero-order valence-corrected chi connectivity index (χ0v) is 17.4. The van der Waals surface area contributed by atoms with Crippen molar-refractivity contribution in [2.24, 2.45) is 0 Å². The Kier molecular flexibility index (Phi) is 7.55. The Labute approximate surface area is 169 Å². The summed E-state index contributed by atoms with van der Waals surface area (Å²) >= 11 is 1.47. The summed E-state index contributed by atoms with van der Waals surface area (Å²) in [6, 6.07) is 1.48. The fraction of sp³-hybridized carbons (Fsp3) is 0.632. The lowest BCUT2D eigenvalue weighted by Crippen LogP contribution is -2.53. The molecule has 0 spiro atoms. The number of carbonyl (C=O) groups excluding carboxylic acids is 1.